The maximum absolute atomic E-state index is 11.9. The molecule has 0 saturated carbocycles. The quantitative estimate of drug-likeness (QED) is 0.850. The van der Waals surface area contributed by atoms with Gasteiger partial charge < -0.3 is 15.0 Å². The Bertz CT molecular complexity index is 482. The van der Waals surface area contributed by atoms with E-state index in [2.05, 4.69) is 10.3 Å². The minimum atomic E-state index is -0.144. The molecule has 1 aromatic heterocycles. The highest BCUT2D eigenvalue weighted by Gasteiger charge is 2.26. The Hall–Kier alpha value is -1.65. The van der Waals surface area contributed by atoms with E-state index in [1.54, 1.807) is 16.2 Å². The van der Waals surface area contributed by atoms with Crippen molar-refractivity contribution in [3.05, 3.63) is 16.1 Å². The largest absolute Gasteiger partial charge is 0.367 e. The van der Waals surface area contributed by atoms with Crippen LogP contribution >= 0.6 is 11.3 Å². The molecule has 0 spiro atoms. The van der Waals surface area contributed by atoms with Crippen LogP contribution in [0.2, 0.25) is 0 Å². The zero-order valence-electron chi connectivity index (χ0n) is 10.8. The number of nitrogens with zero attached hydrogens (tertiary/aromatic N) is 3. The minimum Gasteiger partial charge on any atom is -0.367 e. The van der Waals surface area contributed by atoms with Gasteiger partial charge in [0.1, 0.15) is 11.1 Å². The molecular weight excluding hydrogens is 264 g/mol. The number of rotatable bonds is 3. The van der Waals surface area contributed by atoms with Crippen molar-refractivity contribution in [2.24, 2.45) is 0 Å². The Morgan fingerprint density at radius 1 is 1.79 bits per heavy atom. The van der Waals surface area contributed by atoms with Crippen molar-refractivity contribution < 1.29 is 9.53 Å². The first-order valence-electron chi connectivity index (χ1n) is 6.14. The number of morpholine rings is 1. The van der Waals surface area contributed by atoms with Crippen LogP contribution in [0.5, 0.6) is 0 Å². The summed E-state index contributed by atoms with van der Waals surface area (Å²) in [4.78, 5) is 18.0. The second-order valence-corrected chi connectivity index (χ2v) is 5.16. The minimum absolute atomic E-state index is 0.142. The maximum atomic E-state index is 11.9. The van der Waals surface area contributed by atoms with Gasteiger partial charge in [-0.3, -0.25) is 0 Å². The number of thiazole rings is 1. The van der Waals surface area contributed by atoms with E-state index in [-0.39, 0.29) is 12.1 Å². The summed E-state index contributed by atoms with van der Waals surface area (Å²) in [7, 11) is 0. The van der Waals surface area contributed by atoms with E-state index in [1.807, 2.05) is 18.4 Å². The molecular formula is C12H16N4O2S. The molecule has 1 atom stereocenters. The van der Waals surface area contributed by atoms with Gasteiger partial charge in [-0.15, -0.1) is 11.3 Å². The lowest BCUT2D eigenvalue weighted by atomic mass is 10.3. The van der Waals surface area contributed by atoms with Crippen molar-refractivity contribution in [2.45, 2.75) is 19.4 Å². The monoisotopic (exact) mass is 280 g/mol. The highest BCUT2D eigenvalue weighted by Crippen LogP contribution is 2.25. The first-order chi connectivity index (χ1) is 9.20. The Balaban J connectivity index is 1.90. The molecule has 1 unspecified atom stereocenters. The molecule has 2 rings (SSSR count). The van der Waals surface area contributed by atoms with Gasteiger partial charge in [-0.25, -0.2) is 9.78 Å². The molecule has 0 aromatic carbocycles. The zero-order chi connectivity index (χ0) is 13.7. The smallest absolute Gasteiger partial charge is 0.317 e. The van der Waals surface area contributed by atoms with Gasteiger partial charge in [-0.05, 0) is 6.92 Å². The molecule has 2 heterocycles. The van der Waals surface area contributed by atoms with E-state index in [4.69, 9.17) is 10.00 Å². The predicted octanol–water partition coefficient (Wildman–Crippen LogP) is 1.45. The SMILES string of the molecule is Cc1csc(C2CN(C(=O)NCCC#N)CCO2)n1. The average Bonchev–Trinajstić information content (AvgIpc) is 2.86. The van der Waals surface area contributed by atoms with Gasteiger partial charge in [0.2, 0.25) is 0 Å². The Kier molecular flexibility index (Phi) is 4.71. The number of nitriles is 1. The van der Waals surface area contributed by atoms with E-state index in [1.165, 1.54) is 0 Å². The fourth-order valence-electron chi connectivity index (χ4n) is 1.84. The highest BCUT2D eigenvalue weighted by atomic mass is 32.1. The zero-order valence-corrected chi connectivity index (χ0v) is 11.6. The van der Waals surface area contributed by atoms with E-state index >= 15 is 0 Å². The Morgan fingerprint density at radius 2 is 2.63 bits per heavy atom. The van der Waals surface area contributed by atoms with Crippen molar-refractivity contribution >= 4 is 17.4 Å². The van der Waals surface area contributed by atoms with E-state index < -0.39 is 0 Å². The third kappa shape index (κ3) is 3.66. The van der Waals surface area contributed by atoms with Gasteiger partial charge in [0.15, 0.2) is 0 Å². The lowest BCUT2D eigenvalue weighted by molar-refractivity contribution is -0.0155. The first kappa shape index (κ1) is 13.8. The molecule has 1 aliphatic rings. The van der Waals surface area contributed by atoms with Crippen LogP contribution in [0.25, 0.3) is 0 Å². The summed E-state index contributed by atoms with van der Waals surface area (Å²) in [5.41, 5.74) is 0.971. The highest BCUT2D eigenvalue weighted by molar-refractivity contribution is 7.09. The van der Waals surface area contributed by atoms with Gasteiger partial charge in [0.05, 0.1) is 25.6 Å². The molecule has 0 radical (unpaired) electrons. The third-order valence-corrected chi connectivity index (χ3v) is 3.83. The van der Waals surface area contributed by atoms with Crippen LogP contribution in [-0.4, -0.2) is 42.2 Å². The molecule has 1 aromatic rings. The maximum Gasteiger partial charge on any atom is 0.317 e. The van der Waals surface area contributed by atoms with Gasteiger partial charge in [-0.1, -0.05) is 0 Å². The summed E-state index contributed by atoms with van der Waals surface area (Å²) >= 11 is 1.55. The second kappa shape index (κ2) is 6.50. The van der Waals surface area contributed by atoms with Crippen molar-refractivity contribution in [1.29, 1.82) is 5.26 Å². The number of amides is 2. The number of nitrogens with one attached hydrogen (secondary N) is 1. The van der Waals surface area contributed by atoms with Crippen molar-refractivity contribution in [3.8, 4) is 6.07 Å². The number of carbonyl (C=O) groups excluding carboxylic acids is 1. The number of aryl methyl sites for hydroxylation is 1. The number of aromatic nitrogens is 1. The van der Waals surface area contributed by atoms with E-state index in [0.717, 1.165) is 10.7 Å². The first-order valence-corrected chi connectivity index (χ1v) is 7.02. The molecule has 1 aliphatic heterocycles. The van der Waals surface area contributed by atoms with Crippen LogP contribution < -0.4 is 5.32 Å². The lowest BCUT2D eigenvalue weighted by Gasteiger charge is -2.31. The number of hydrogen-bond donors (Lipinski definition) is 1. The number of ether oxygens (including phenoxy) is 1. The number of hydrogen-bond acceptors (Lipinski definition) is 5. The normalized spacial score (nSPS) is 18.9. The fourth-order valence-corrected chi connectivity index (χ4v) is 2.68. The molecule has 102 valence electrons. The molecule has 1 N–H and O–H groups in total. The van der Waals surface area contributed by atoms with Gasteiger partial charge >= 0.3 is 6.03 Å². The van der Waals surface area contributed by atoms with Crippen molar-refractivity contribution in [1.82, 2.24) is 15.2 Å². The molecule has 1 saturated heterocycles. The van der Waals surface area contributed by atoms with Crippen molar-refractivity contribution in [3.63, 3.8) is 0 Å². The molecule has 2 amide bonds. The second-order valence-electron chi connectivity index (χ2n) is 4.27. The summed E-state index contributed by atoms with van der Waals surface area (Å²) in [5, 5.41) is 14.0. The van der Waals surface area contributed by atoms with Gasteiger partial charge in [0, 0.05) is 24.2 Å². The predicted molar refractivity (Wildman–Crippen MR) is 70.7 cm³/mol. The molecule has 0 bridgehead atoms. The fraction of sp³-hybridized carbons (Fsp3) is 0.583. The van der Waals surface area contributed by atoms with Crippen LogP contribution in [0.3, 0.4) is 0 Å². The van der Waals surface area contributed by atoms with Crippen LogP contribution in [0.4, 0.5) is 4.79 Å². The standard InChI is InChI=1S/C12H16N4O2S/c1-9-8-19-11(15-9)10-7-16(5-6-18-10)12(17)14-4-2-3-13/h8,10H,2,4-7H2,1H3,(H,14,17). The van der Waals surface area contributed by atoms with Crippen LogP contribution in [-0.2, 0) is 4.74 Å². The molecule has 6 nitrogen and oxygen atoms in total. The van der Waals surface area contributed by atoms with Gasteiger partial charge in [-0.2, -0.15) is 5.26 Å². The molecule has 19 heavy (non-hydrogen) atoms. The topological polar surface area (TPSA) is 78.2 Å². The summed E-state index contributed by atoms with van der Waals surface area (Å²) in [5.74, 6) is 0. The van der Waals surface area contributed by atoms with Gasteiger partial charge in [0.25, 0.3) is 0 Å². The van der Waals surface area contributed by atoms with Crippen LogP contribution in [0, 0.1) is 18.3 Å². The Labute approximate surface area is 116 Å². The summed E-state index contributed by atoms with van der Waals surface area (Å²) in [6.45, 7) is 3.91. The molecule has 0 aliphatic carbocycles. The summed E-state index contributed by atoms with van der Waals surface area (Å²) < 4.78 is 5.66. The number of urea groups is 1. The van der Waals surface area contributed by atoms with Crippen molar-refractivity contribution in [2.75, 3.05) is 26.2 Å². The Morgan fingerprint density at radius 3 is 3.32 bits per heavy atom. The molecule has 1 fully saturated rings. The lowest BCUT2D eigenvalue weighted by Crippen LogP contribution is -2.47. The van der Waals surface area contributed by atoms with Crippen LogP contribution in [0.15, 0.2) is 5.38 Å². The summed E-state index contributed by atoms with van der Waals surface area (Å²) in [6.07, 6.45) is 0.180. The average molecular weight is 280 g/mol. The summed E-state index contributed by atoms with van der Waals surface area (Å²) in [6, 6.07) is 1.86. The van der Waals surface area contributed by atoms with E-state index in [0.29, 0.717) is 32.7 Å². The van der Waals surface area contributed by atoms with Crippen LogP contribution in [0.1, 0.15) is 23.2 Å². The van der Waals surface area contributed by atoms with E-state index in [9.17, 15) is 4.79 Å². The molecule has 7 heteroatoms. The third-order valence-electron chi connectivity index (χ3n) is 2.78. The number of carbonyl (C=O) groups is 1.